The Kier molecular flexibility index (Phi) is 5.71. The number of methoxy groups -OCH3 is 1. The van der Waals surface area contributed by atoms with Gasteiger partial charge in [-0.2, -0.15) is 0 Å². The SMILES string of the molecule is COc1cc(F)c([C@H]2CC(=O)N(c3c(C)ccn(CC4CNC(=O)O4)c3=O)C2)c(P)c1. The maximum Gasteiger partial charge on any atom is 0.407 e. The number of hydrogen-bond donors (Lipinski definition) is 1. The zero-order valence-electron chi connectivity index (χ0n) is 17.2. The summed E-state index contributed by atoms with van der Waals surface area (Å²) in [5.74, 6) is -0.673. The number of pyridine rings is 1. The van der Waals surface area contributed by atoms with E-state index in [0.717, 1.165) is 0 Å². The Morgan fingerprint density at radius 2 is 2.10 bits per heavy atom. The normalized spacial score (nSPS) is 20.7. The Hall–Kier alpha value is -2.93. The van der Waals surface area contributed by atoms with Crippen LogP contribution in [-0.2, 0) is 16.1 Å². The molecule has 2 aromatic rings. The van der Waals surface area contributed by atoms with Gasteiger partial charge in [-0.15, -0.1) is 9.24 Å². The van der Waals surface area contributed by atoms with Crippen molar-refractivity contribution in [3.8, 4) is 5.75 Å². The van der Waals surface area contributed by atoms with Gasteiger partial charge in [-0.25, -0.2) is 9.18 Å². The molecule has 164 valence electrons. The second-order valence-corrected chi connectivity index (χ2v) is 8.35. The number of hydrogen-bond acceptors (Lipinski definition) is 5. The fraction of sp³-hybridized carbons (Fsp3) is 0.381. The van der Waals surface area contributed by atoms with Crippen molar-refractivity contribution in [3.63, 3.8) is 0 Å². The average molecular weight is 447 g/mol. The second-order valence-electron chi connectivity index (χ2n) is 7.73. The van der Waals surface area contributed by atoms with E-state index in [9.17, 15) is 18.8 Å². The molecule has 10 heteroatoms. The van der Waals surface area contributed by atoms with Gasteiger partial charge < -0.3 is 24.3 Å². The van der Waals surface area contributed by atoms with Crippen LogP contribution in [0.3, 0.4) is 0 Å². The molecule has 0 radical (unpaired) electrons. The lowest BCUT2D eigenvalue weighted by Gasteiger charge is -2.21. The highest BCUT2D eigenvalue weighted by atomic mass is 31.0. The van der Waals surface area contributed by atoms with Crippen LogP contribution in [0.15, 0.2) is 29.2 Å². The van der Waals surface area contributed by atoms with Gasteiger partial charge in [0.05, 0.1) is 20.2 Å². The van der Waals surface area contributed by atoms with Crippen LogP contribution in [0.4, 0.5) is 14.9 Å². The first-order valence-electron chi connectivity index (χ1n) is 9.86. The third-order valence-corrected chi connectivity index (χ3v) is 6.14. The van der Waals surface area contributed by atoms with Crippen LogP contribution < -0.4 is 25.8 Å². The van der Waals surface area contributed by atoms with Crippen LogP contribution in [0.1, 0.15) is 23.5 Å². The summed E-state index contributed by atoms with van der Waals surface area (Å²) < 4.78 is 26.4. The van der Waals surface area contributed by atoms with Crippen LogP contribution >= 0.6 is 9.24 Å². The van der Waals surface area contributed by atoms with Crippen molar-refractivity contribution < 1.29 is 23.5 Å². The number of ether oxygens (including phenoxy) is 2. The number of aromatic nitrogens is 1. The molecule has 1 aromatic carbocycles. The van der Waals surface area contributed by atoms with E-state index in [0.29, 0.717) is 28.7 Å². The molecular formula is C21H23FN3O5P. The Morgan fingerprint density at radius 3 is 2.74 bits per heavy atom. The van der Waals surface area contributed by atoms with Crippen molar-refractivity contribution in [3.05, 3.63) is 51.7 Å². The number of halogens is 1. The molecule has 2 fully saturated rings. The first-order valence-corrected chi connectivity index (χ1v) is 10.4. The molecule has 0 bridgehead atoms. The van der Waals surface area contributed by atoms with Crippen LogP contribution in [-0.4, -0.2) is 42.9 Å². The number of rotatable bonds is 5. The molecule has 0 saturated carbocycles. The van der Waals surface area contributed by atoms with Gasteiger partial charge in [0.1, 0.15) is 23.4 Å². The van der Waals surface area contributed by atoms with E-state index >= 15 is 0 Å². The molecule has 1 aromatic heterocycles. The van der Waals surface area contributed by atoms with E-state index in [2.05, 4.69) is 14.6 Å². The number of carbonyl (C=O) groups is 2. The van der Waals surface area contributed by atoms with Gasteiger partial charge in [-0.05, 0) is 29.9 Å². The number of aryl methyl sites for hydroxylation is 1. The van der Waals surface area contributed by atoms with Crippen molar-refractivity contribution in [2.75, 3.05) is 25.1 Å². The summed E-state index contributed by atoms with van der Waals surface area (Å²) in [6.45, 7) is 2.45. The molecule has 2 aliphatic heterocycles. The van der Waals surface area contributed by atoms with Crippen molar-refractivity contribution in [2.24, 2.45) is 0 Å². The molecule has 31 heavy (non-hydrogen) atoms. The van der Waals surface area contributed by atoms with Gasteiger partial charge >= 0.3 is 6.09 Å². The quantitative estimate of drug-likeness (QED) is 0.701. The Morgan fingerprint density at radius 1 is 1.32 bits per heavy atom. The minimum atomic E-state index is -0.516. The fourth-order valence-electron chi connectivity index (χ4n) is 4.16. The first-order chi connectivity index (χ1) is 14.8. The van der Waals surface area contributed by atoms with Crippen molar-refractivity contribution >= 4 is 32.2 Å². The zero-order valence-corrected chi connectivity index (χ0v) is 18.3. The second kappa shape index (κ2) is 8.30. The van der Waals surface area contributed by atoms with E-state index in [4.69, 9.17) is 9.47 Å². The summed E-state index contributed by atoms with van der Waals surface area (Å²) in [6, 6.07) is 4.75. The lowest BCUT2D eigenvalue weighted by atomic mass is 9.97. The minimum absolute atomic E-state index is 0.0998. The molecule has 2 aliphatic rings. The highest BCUT2D eigenvalue weighted by molar-refractivity contribution is 7.27. The molecule has 0 aliphatic carbocycles. The highest BCUT2D eigenvalue weighted by Gasteiger charge is 2.36. The fourth-order valence-corrected chi connectivity index (χ4v) is 4.69. The monoisotopic (exact) mass is 447 g/mol. The third-order valence-electron chi connectivity index (χ3n) is 5.66. The zero-order chi connectivity index (χ0) is 22.3. The molecule has 2 amide bonds. The summed E-state index contributed by atoms with van der Waals surface area (Å²) in [6.07, 6.45) is 0.742. The maximum absolute atomic E-state index is 14.8. The lowest BCUT2D eigenvalue weighted by molar-refractivity contribution is -0.117. The summed E-state index contributed by atoms with van der Waals surface area (Å²) in [5, 5.41) is 3.17. The molecule has 8 nitrogen and oxygen atoms in total. The maximum atomic E-state index is 14.8. The largest absolute Gasteiger partial charge is 0.497 e. The number of nitrogens with one attached hydrogen (secondary N) is 1. The topological polar surface area (TPSA) is 89.9 Å². The predicted octanol–water partition coefficient (Wildman–Crippen LogP) is 1.43. The van der Waals surface area contributed by atoms with E-state index in [1.807, 2.05) is 0 Å². The van der Waals surface area contributed by atoms with Crippen molar-refractivity contribution in [1.82, 2.24) is 9.88 Å². The Balaban J connectivity index is 1.63. The molecule has 3 atom stereocenters. The average Bonchev–Trinajstić information content (AvgIpc) is 3.29. The summed E-state index contributed by atoms with van der Waals surface area (Å²) >= 11 is 0. The van der Waals surface area contributed by atoms with Crippen molar-refractivity contribution in [2.45, 2.75) is 31.9 Å². The van der Waals surface area contributed by atoms with Crippen molar-refractivity contribution in [1.29, 1.82) is 0 Å². The predicted molar refractivity (Wildman–Crippen MR) is 116 cm³/mol. The molecular weight excluding hydrogens is 424 g/mol. The van der Waals surface area contributed by atoms with Gasteiger partial charge in [0, 0.05) is 36.7 Å². The van der Waals surface area contributed by atoms with Gasteiger partial charge in [-0.3, -0.25) is 9.59 Å². The number of anilines is 1. The van der Waals surface area contributed by atoms with Gasteiger partial charge in [0.2, 0.25) is 5.91 Å². The van der Waals surface area contributed by atoms with Crippen LogP contribution in [0.25, 0.3) is 0 Å². The summed E-state index contributed by atoms with van der Waals surface area (Å²) in [7, 11) is 3.95. The number of nitrogens with zero attached hydrogens (tertiary/aromatic N) is 2. The third kappa shape index (κ3) is 4.02. The molecule has 2 saturated heterocycles. The number of alkyl carbamates (subject to hydrolysis) is 1. The Bertz CT molecular complexity index is 1100. The molecule has 1 N–H and O–H groups in total. The van der Waals surface area contributed by atoms with Gasteiger partial charge in [-0.1, -0.05) is 0 Å². The van der Waals surface area contributed by atoms with E-state index in [1.54, 1.807) is 25.3 Å². The lowest BCUT2D eigenvalue weighted by Crippen LogP contribution is -2.36. The first kappa shape index (κ1) is 21.3. The van der Waals surface area contributed by atoms with E-state index < -0.39 is 23.9 Å². The molecule has 3 heterocycles. The van der Waals surface area contributed by atoms with E-state index in [1.165, 1.54) is 22.6 Å². The smallest absolute Gasteiger partial charge is 0.407 e. The van der Waals surface area contributed by atoms with Crippen LogP contribution in [0.5, 0.6) is 5.75 Å². The molecule has 0 spiro atoms. The molecule has 4 rings (SSSR count). The Labute approximate surface area is 180 Å². The summed E-state index contributed by atoms with van der Waals surface area (Å²) in [4.78, 5) is 38.7. The van der Waals surface area contributed by atoms with Gasteiger partial charge in [0.15, 0.2) is 0 Å². The minimum Gasteiger partial charge on any atom is -0.497 e. The van der Waals surface area contributed by atoms with Crippen LogP contribution in [0.2, 0.25) is 0 Å². The number of carbonyl (C=O) groups excluding carboxylic acids is 2. The standard InChI is InChI=1S/C21H23FN3O5P/c1-11-3-4-24(10-14-8-23-21(28)30-14)20(27)19(11)25-9-12(5-17(25)26)18-15(22)6-13(29-2)7-16(18)31/h3-4,6-7,12,14H,5,8-10,31H2,1-2H3,(H,23,28)/t12-,14?/m0/s1. The summed E-state index contributed by atoms with van der Waals surface area (Å²) in [5.41, 5.74) is 1.00. The number of cyclic esters (lactones) is 1. The molecule has 2 unspecified atom stereocenters. The van der Waals surface area contributed by atoms with Crippen LogP contribution in [0, 0.1) is 12.7 Å². The number of amides is 2. The highest BCUT2D eigenvalue weighted by Crippen LogP contribution is 2.34. The van der Waals surface area contributed by atoms with Gasteiger partial charge in [0.25, 0.3) is 5.56 Å². The van der Waals surface area contributed by atoms with E-state index in [-0.39, 0.29) is 36.7 Å². The number of benzene rings is 1.